The van der Waals surface area contributed by atoms with E-state index in [0.29, 0.717) is 10.6 Å². The van der Waals surface area contributed by atoms with Crippen molar-refractivity contribution in [2.24, 2.45) is 0 Å². The Hall–Kier alpha value is -1.89. The molecule has 0 radical (unpaired) electrons. The summed E-state index contributed by atoms with van der Waals surface area (Å²) in [6, 6.07) is 4.41. The Labute approximate surface area is 114 Å². The van der Waals surface area contributed by atoms with E-state index in [1.165, 1.54) is 37.9 Å². The predicted octanol–water partition coefficient (Wildman–Crippen LogP) is 2.45. The minimum atomic E-state index is -0.582. The number of hydrogen-bond donors (Lipinski definition) is 0. The molecule has 0 aliphatic rings. The quantitative estimate of drug-likeness (QED) is 0.262. The van der Waals surface area contributed by atoms with Crippen molar-refractivity contribution >= 4 is 29.2 Å². The zero-order valence-electron chi connectivity index (χ0n) is 10.5. The minimum Gasteiger partial charge on any atom is -0.469 e. The van der Waals surface area contributed by atoms with Crippen molar-refractivity contribution in [3.8, 4) is 0 Å². The summed E-state index contributed by atoms with van der Waals surface area (Å²) in [6.07, 6.45) is 0.226. The van der Waals surface area contributed by atoms with Crippen LogP contribution in [0.3, 0.4) is 0 Å². The molecule has 0 aliphatic heterocycles. The molecule has 19 heavy (non-hydrogen) atoms. The standard InChI is InChI=1S/C12H13NO5S/c1-8(14)10-4-3-9(7-11(10)13(16)17)19-6-5-12(15)18-2/h3-4,7H,5-6H2,1-2H3. The van der Waals surface area contributed by atoms with Crippen LogP contribution >= 0.6 is 11.8 Å². The average Bonchev–Trinajstić information content (AvgIpc) is 2.38. The van der Waals surface area contributed by atoms with Crippen molar-refractivity contribution in [3.05, 3.63) is 33.9 Å². The summed E-state index contributed by atoms with van der Waals surface area (Å²) in [5, 5.41) is 10.9. The number of esters is 1. The van der Waals surface area contributed by atoms with Gasteiger partial charge in [0.2, 0.25) is 0 Å². The van der Waals surface area contributed by atoms with Gasteiger partial charge < -0.3 is 4.74 Å². The molecule has 0 fully saturated rings. The summed E-state index contributed by atoms with van der Waals surface area (Å²) in [5.74, 6) is -0.219. The van der Waals surface area contributed by atoms with Gasteiger partial charge in [0.15, 0.2) is 5.78 Å². The fourth-order valence-corrected chi connectivity index (χ4v) is 2.27. The van der Waals surface area contributed by atoms with Gasteiger partial charge in [0.25, 0.3) is 5.69 Å². The third-order valence-corrected chi connectivity index (χ3v) is 3.34. The van der Waals surface area contributed by atoms with Crippen LogP contribution in [-0.4, -0.2) is 29.5 Å². The Bertz CT molecular complexity index is 515. The molecule has 0 aromatic heterocycles. The van der Waals surface area contributed by atoms with Gasteiger partial charge in [-0.15, -0.1) is 11.8 Å². The highest BCUT2D eigenvalue weighted by atomic mass is 32.2. The zero-order valence-corrected chi connectivity index (χ0v) is 11.4. The van der Waals surface area contributed by atoms with Crippen LogP contribution in [0.5, 0.6) is 0 Å². The van der Waals surface area contributed by atoms with Gasteiger partial charge in [-0.2, -0.15) is 0 Å². The first-order valence-corrected chi connectivity index (χ1v) is 6.43. The molecule has 0 atom stereocenters. The third kappa shape index (κ3) is 4.36. The Morgan fingerprint density at radius 2 is 2.11 bits per heavy atom. The fraction of sp³-hybridized carbons (Fsp3) is 0.333. The topological polar surface area (TPSA) is 86.5 Å². The summed E-state index contributed by atoms with van der Waals surface area (Å²) >= 11 is 1.30. The number of ketones is 1. The maximum atomic E-state index is 11.3. The second-order valence-corrected chi connectivity index (χ2v) is 4.84. The molecule has 0 spiro atoms. The molecule has 0 saturated heterocycles. The van der Waals surface area contributed by atoms with E-state index in [2.05, 4.69) is 4.74 Å². The lowest BCUT2D eigenvalue weighted by atomic mass is 10.1. The zero-order chi connectivity index (χ0) is 14.4. The highest BCUT2D eigenvalue weighted by molar-refractivity contribution is 7.99. The Balaban J connectivity index is 2.81. The molecule has 0 aliphatic carbocycles. The van der Waals surface area contributed by atoms with Gasteiger partial charge in [-0.25, -0.2) is 0 Å². The molecule has 0 N–H and O–H groups in total. The lowest BCUT2D eigenvalue weighted by molar-refractivity contribution is -0.385. The summed E-state index contributed by atoms with van der Waals surface area (Å²) in [5.41, 5.74) is -0.127. The first-order valence-electron chi connectivity index (χ1n) is 5.44. The van der Waals surface area contributed by atoms with E-state index >= 15 is 0 Å². The second-order valence-electron chi connectivity index (χ2n) is 3.67. The lowest BCUT2D eigenvalue weighted by Gasteiger charge is -2.03. The number of nitrogens with zero attached hydrogens (tertiary/aromatic N) is 1. The van der Waals surface area contributed by atoms with Gasteiger partial charge in [0.05, 0.1) is 24.0 Å². The summed E-state index contributed by atoms with van der Waals surface area (Å²) in [4.78, 5) is 33.1. The van der Waals surface area contributed by atoms with Crippen molar-refractivity contribution in [3.63, 3.8) is 0 Å². The summed E-state index contributed by atoms with van der Waals surface area (Å²) < 4.78 is 4.50. The van der Waals surface area contributed by atoms with Gasteiger partial charge in [0, 0.05) is 16.7 Å². The van der Waals surface area contributed by atoms with Crippen molar-refractivity contribution < 1.29 is 19.2 Å². The van der Waals surface area contributed by atoms with E-state index in [-0.39, 0.29) is 29.4 Å². The molecule has 1 aromatic carbocycles. The van der Waals surface area contributed by atoms with Gasteiger partial charge in [-0.3, -0.25) is 19.7 Å². The Kier molecular flexibility index (Phi) is 5.50. The molecule has 0 heterocycles. The van der Waals surface area contributed by atoms with Crippen molar-refractivity contribution in [1.82, 2.24) is 0 Å². The highest BCUT2D eigenvalue weighted by Gasteiger charge is 2.17. The first-order chi connectivity index (χ1) is 8.95. The molecule has 1 rings (SSSR count). The number of benzene rings is 1. The number of nitro benzene ring substituents is 1. The molecule has 1 aromatic rings. The van der Waals surface area contributed by atoms with E-state index in [0.717, 1.165) is 0 Å². The molecule has 6 nitrogen and oxygen atoms in total. The number of methoxy groups -OCH3 is 1. The van der Waals surface area contributed by atoms with Crippen LogP contribution in [0.25, 0.3) is 0 Å². The number of rotatable bonds is 6. The van der Waals surface area contributed by atoms with Gasteiger partial charge in [-0.1, -0.05) is 0 Å². The molecule has 0 amide bonds. The van der Waals surface area contributed by atoms with Crippen LogP contribution in [0.2, 0.25) is 0 Å². The van der Waals surface area contributed by atoms with Crippen molar-refractivity contribution in [2.45, 2.75) is 18.2 Å². The summed E-state index contributed by atoms with van der Waals surface area (Å²) in [7, 11) is 1.31. The second kappa shape index (κ2) is 6.89. The number of Topliss-reactive ketones (excluding diaryl/α,β-unsaturated/α-hetero) is 1. The monoisotopic (exact) mass is 283 g/mol. The maximum absolute atomic E-state index is 11.3. The number of carbonyl (C=O) groups is 2. The largest absolute Gasteiger partial charge is 0.469 e. The molecular formula is C12H13NO5S. The van der Waals surface area contributed by atoms with Crippen LogP contribution < -0.4 is 0 Å². The van der Waals surface area contributed by atoms with Crippen LogP contribution in [0.1, 0.15) is 23.7 Å². The third-order valence-electron chi connectivity index (χ3n) is 2.35. The molecule has 0 saturated carbocycles. The van der Waals surface area contributed by atoms with E-state index in [4.69, 9.17) is 0 Å². The van der Waals surface area contributed by atoms with Crippen LogP contribution in [0, 0.1) is 10.1 Å². The number of thioether (sulfide) groups is 1. The van der Waals surface area contributed by atoms with E-state index in [1.54, 1.807) is 6.07 Å². The molecule has 0 unspecified atom stereocenters. The van der Waals surface area contributed by atoms with Gasteiger partial charge in [0.1, 0.15) is 0 Å². The summed E-state index contributed by atoms with van der Waals surface area (Å²) in [6.45, 7) is 1.28. The van der Waals surface area contributed by atoms with Gasteiger partial charge >= 0.3 is 5.97 Å². The van der Waals surface area contributed by atoms with Gasteiger partial charge in [-0.05, 0) is 19.1 Å². The fourth-order valence-electron chi connectivity index (χ4n) is 1.40. The molecular weight excluding hydrogens is 270 g/mol. The van der Waals surface area contributed by atoms with Crippen LogP contribution in [-0.2, 0) is 9.53 Å². The van der Waals surface area contributed by atoms with Crippen molar-refractivity contribution in [1.29, 1.82) is 0 Å². The Morgan fingerprint density at radius 3 is 2.63 bits per heavy atom. The van der Waals surface area contributed by atoms with E-state index in [1.807, 2.05) is 0 Å². The van der Waals surface area contributed by atoms with Crippen molar-refractivity contribution in [2.75, 3.05) is 12.9 Å². The van der Waals surface area contributed by atoms with Crippen LogP contribution in [0.4, 0.5) is 5.69 Å². The lowest BCUT2D eigenvalue weighted by Crippen LogP contribution is -2.02. The maximum Gasteiger partial charge on any atom is 0.306 e. The SMILES string of the molecule is COC(=O)CCSc1ccc(C(C)=O)c([N+](=O)[O-])c1. The highest BCUT2D eigenvalue weighted by Crippen LogP contribution is 2.27. The average molecular weight is 283 g/mol. The van der Waals surface area contributed by atoms with E-state index in [9.17, 15) is 19.7 Å². The smallest absolute Gasteiger partial charge is 0.306 e. The van der Waals surface area contributed by atoms with E-state index < -0.39 is 4.92 Å². The molecule has 7 heteroatoms. The minimum absolute atomic E-state index is 0.0855. The van der Waals surface area contributed by atoms with Crippen LogP contribution in [0.15, 0.2) is 23.1 Å². The number of hydrogen-bond acceptors (Lipinski definition) is 6. The Morgan fingerprint density at radius 1 is 1.42 bits per heavy atom. The predicted molar refractivity (Wildman–Crippen MR) is 70.5 cm³/mol. The molecule has 102 valence electrons. The normalized spacial score (nSPS) is 10.0. The number of carbonyl (C=O) groups excluding carboxylic acids is 2. The number of nitro groups is 1. The molecule has 0 bridgehead atoms. The first kappa shape index (κ1) is 15.2. The number of ether oxygens (including phenoxy) is 1.